The van der Waals surface area contributed by atoms with E-state index in [0.717, 1.165) is 17.7 Å². The van der Waals surface area contributed by atoms with E-state index in [9.17, 15) is 0 Å². The van der Waals surface area contributed by atoms with Crippen molar-refractivity contribution in [1.29, 1.82) is 0 Å². The molecule has 1 N–H and O–H groups in total. The molecule has 2 aromatic rings. The molecule has 0 aromatic carbocycles. The molecular weight excluding hydrogens is 324 g/mol. The maximum absolute atomic E-state index is 4.73. The van der Waals surface area contributed by atoms with Crippen LogP contribution < -0.4 is 0 Å². The summed E-state index contributed by atoms with van der Waals surface area (Å²) >= 11 is 0. The topological polar surface area (TPSA) is 53.0 Å². The van der Waals surface area contributed by atoms with Gasteiger partial charge in [0.15, 0.2) is 0 Å². The number of rotatable bonds is 4. The van der Waals surface area contributed by atoms with E-state index < -0.39 is 0 Å². The van der Waals surface area contributed by atoms with Crippen LogP contribution in [-0.4, -0.2) is 69.0 Å². The molecule has 5 rings (SSSR count). The van der Waals surface area contributed by atoms with Crippen LogP contribution in [0.3, 0.4) is 0 Å². The van der Waals surface area contributed by atoms with E-state index in [2.05, 4.69) is 26.2 Å². The molecule has 3 aliphatic rings. The normalized spacial score (nSPS) is 26.8. The van der Waals surface area contributed by atoms with Gasteiger partial charge in [-0.1, -0.05) is 0 Å². The second kappa shape index (κ2) is 6.50. The van der Waals surface area contributed by atoms with E-state index in [1.807, 2.05) is 17.9 Å². The Hall–Kier alpha value is -1.66. The Labute approximate surface area is 155 Å². The molecular formula is C20H30N6. The fourth-order valence-corrected chi connectivity index (χ4v) is 5.40. The van der Waals surface area contributed by atoms with Crippen LogP contribution in [0.15, 0.2) is 12.4 Å². The predicted molar refractivity (Wildman–Crippen MR) is 102 cm³/mol. The molecule has 140 valence electrons. The third-order valence-electron chi connectivity index (χ3n) is 6.82. The van der Waals surface area contributed by atoms with Crippen LogP contribution >= 0.6 is 0 Å². The first kappa shape index (κ1) is 16.5. The van der Waals surface area contributed by atoms with Crippen molar-refractivity contribution in [3.8, 4) is 11.3 Å². The second-order valence-electron chi connectivity index (χ2n) is 8.54. The van der Waals surface area contributed by atoms with Gasteiger partial charge >= 0.3 is 0 Å². The standard InChI is InChI=1S/C20H30N6/c1-24-14-16(13-21-24)18-17-5-4-6-20(19(17)23-22-18)7-10-26(15-20)12-11-25-8-2-3-9-25/h13-14H,2-12,15H2,1H3,(H,22,23)/t20-/m1/s1. The lowest BCUT2D eigenvalue weighted by Gasteiger charge is -2.33. The van der Waals surface area contributed by atoms with Crippen molar-refractivity contribution in [3.05, 3.63) is 23.7 Å². The molecule has 1 spiro atoms. The quantitative estimate of drug-likeness (QED) is 0.914. The van der Waals surface area contributed by atoms with Gasteiger partial charge in [-0.2, -0.15) is 10.2 Å². The molecule has 2 fully saturated rings. The molecule has 1 atom stereocenters. The SMILES string of the molecule is Cn1cc(-c2n[nH]c3c2CCC[C@]32CCN(CCN3CCCC3)C2)cn1. The number of aromatic amines is 1. The minimum atomic E-state index is 0.298. The number of hydrogen-bond donors (Lipinski definition) is 1. The van der Waals surface area contributed by atoms with Crippen LogP contribution in [0, 0.1) is 0 Å². The van der Waals surface area contributed by atoms with Gasteiger partial charge in [0.25, 0.3) is 0 Å². The summed E-state index contributed by atoms with van der Waals surface area (Å²) in [5.41, 5.74) is 5.44. The molecule has 0 radical (unpaired) electrons. The summed E-state index contributed by atoms with van der Waals surface area (Å²) in [6.45, 7) is 7.50. The van der Waals surface area contributed by atoms with Crippen molar-refractivity contribution in [2.24, 2.45) is 7.05 Å². The van der Waals surface area contributed by atoms with Crippen LogP contribution in [0.1, 0.15) is 43.4 Å². The Kier molecular flexibility index (Phi) is 4.13. The lowest BCUT2D eigenvalue weighted by Crippen LogP contribution is -2.37. The summed E-state index contributed by atoms with van der Waals surface area (Å²) in [4.78, 5) is 5.33. The maximum Gasteiger partial charge on any atom is 0.0987 e. The zero-order valence-corrected chi connectivity index (χ0v) is 15.9. The number of nitrogens with zero attached hydrogens (tertiary/aromatic N) is 5. The predicted octanol–water partition coefficient (Wildman–Crippen LogP) is 2.19. The van der Waals surface area contributed by atoms with Gasteiger partial charge in [0.2, 0.25) is 0 Å². The van der Waals surface area contributed by atoms with Crippen molar-refractivity contribution in [1.82, 2.24) is 29.8 Å². The van der Waals surface area contributed by atoms with Crippen LogP contribution in [-0.2, 0) is 18.9 Å². The van der Waals surface area contributed by atoms with Gasteiger partial charge in [-0.25, -0.2) is 0 Å². The smallest absolute Gasteiger partial charge is 0.0987 e. The van der Waals surface area contributed by atoms with E-state index in [0.29, 0.717) is 5.41 Å². The Morgan fingerprint density at radius 1 is 1.08 bits per heavy atom. The molecule has 0 unspecified atom stereocenters. The summed E-state index contributed by atoms with van der Waals surface area (Å²) in [5, 5.41) is 12.5. The van der Waals surface area contributed by atoms with Crippen molar-refractivity contribution in [2.45, 2.75) is 43.9 Å². The average Bonchev–Trinajstić information content (AvgIpc) is 3.40. The monoisotopic (exact) mass is 354 g/mol. The van der Waals surface area contributed by atoms with E-state index in [4.69, 9.17) is 5.10 Å². The van der Waals surface area contributed by atoms with Gasteiger partial charge in [0.1, 0.15) is 0 Å². The van der Waals surface area contributed by atoms with Crippen LogP contribution in [0.4, 0.5) is 0 Å². The minimum absolute atomic E-state index is 0.298. The number of nitrogens with one attached hydrogen (secondary N) is 1. The fourth-order valence-electron chi connectivity index (χ4n) is 5.40. The number of likely N-dealkylation sites (tertiary alicyclic amines) is 2. The zero-order valence-electron chi connectivity index (χ0n) is 15.9. The number of aryl methyl sites for hydroxylation is 1. The largest absolute Gasteiger partial charge is 0.302 e. The molecule has 1 aliphatic carbocycles. The third kappa shape index (κ3) is 2.79. The Morgan fingerprint density at radius 3 is 2.73 bits per heavy atom. The highest BCUT2D eigenvalue weighted by atomic mass is 15.2. The highest BCUT2D eigenvalue weighted by Gasteiger charge is 2.44. The molecule has 0 amide bonds. The van der Waals surface area contributed by atoms with Gasteiger partial charge in [0.05, 0.1) is 11.9 Å². The molecule has 6 heteroatoms. The van der Waals surface area contributed by atoms with E-state index in [1.165, 1.54) is 82.6 Å². The van der Waals surface area contributed by atoms with Crippen LogP contribution in [0.25, 0.3) is 11.3 Å². The van der Waals surface area contributed by atoms with Gasteiger partial charge < -0.3 is 9.80 Å². The number of hydrogen-bond acceptors (Lipinski definition) is 4. The molecule has 2 saturated heterocycles. The first-order valence-electron chi connectivity index (χ1n) is 10.2. The lowest BCUT2D eigenvalue weighted by molar-refractivity contribution is 0.240. The molecule has 2 aliphatic heterocycles. The summed E-state index contributed by atoms with van der Waals surface area (Å²) in [6.07, 6.45) is 11.8. The van der Waals surface area contributed by atoms with Gasteiger partial charge in [-0.3, -0.25) is 9.78 Å². The fraction of sp³-hybridized carbons (Fsp3) is 0.700. The highest BCUT2D eigenvalue weighted by molar-refractivity contribution is 5.63. The third-order valence-corrected chi connectivity index (χ3v) is 6.82. The lowest BCUT2D eigenvalue weighted by atomic mass is 9.72. The Bertz CT molecular complexity index is 771. The molecule has 2 aromatic heterocycles. The van der Waals surface area contributed by atoms with Crippen molar-refractivity contribution >= 4 is 0 Å². The van der Waals surface area contributed by atoms with Crippen LogP contribution in [0.5, 0.6) is 0 Å². The summed E-state index contributed by atoms with van der Waals surface area (Å²) in [6, 6.07) is 0. The van der Waals surface area contributed by atoms with E-state index in [-0.39, 0.29) is 0 Å². The molecule has 4 heterocycles. The van der Waals surface area contributed by atoms with E-state index in [1.54, 1.807) is 0 Å². The maximum atomic E-state index is 4.73. The van der Waals surface area contributed by atoms with Crippen molar-refractivity contribution < 1.29 is 0 Å². The zero-order chi connectivity index (χ0) is 17.6. The summed E-state index contributed by atoms with van der Waals surface area (Å²) < 4.78 is 1.87. The summed E-state index contributed by atoms with van der Waals surface area (Å²) in [5.74, 6) is 0. The van der Waals surface area contributed by atoms with Crippen LogP contribution in [0.2, 0.25) is 0 Å². The number of fused-ring (bicyclic) bond motifs is 2. The number of H-pyrrole nitrogens is 1. The Balaban J connectivity index is 1.34. The molecule has 6 nitrogen and oxygen atoms in total. The molecule has 26 heavy (non-hydrogen) atoms. The summed E-state index contributed by atoms with van der Waals surface area (Å²) in [7, 11) is 1.97. The minimum Gasteiger partial charge on any atom is -0.302 e. The van der Waals surface area contributed by atoms with Crippen molar-refractivity contribution in [3.63, 3.8) is 0 Å². The van der Waals surface area contributed by atoms with Crippen molar-refractivity contribution in [2.75, 3.05) is 39.3 Å². The Morgan fingerprint density at radius 2 is 1.92 bits per heavy atom. The van der Waals surface area contributed by atoms with Gasteiger partial charge in [0, 0.05) is 55.1 Å². The van der Waals surface area contributed by atoms with E-state index >= 15 is 0 Å². The average molecular weight is 355 g/mol. The highest BCUT2D eigenvalue weighted by Crippen LogP contribution is 2.45. The van der Waals surface area contributed by atoms with Gasteiger partial charge in [-0.05, 0) is 58.2 Å². The first-order valence-corrected chi connectivity index (χ1v) is 10.2. The number of aromatic nitrogens is 4. The first-order chi connectivity index (χ1) is 12.7. The second-order valence-corrected chi connectivity index (χ2v) is 8.54. The van der Waals surface area contributed by atoms with Gasteiger partial charge in [-0.15, -0.1) is 0 Å². The molecule has 0 saturated carbocycles. The molecule has 0 bridgehead atoms.